The SMILES string of the molecule is [C-]#CC#CC#CC#CC#CC#CC#CC#CC#CC#CC#CC#CC#CC#CC#CC#CC#CC#CC#CC#CC#CC#CC#CC#CC#CC#CC#CC#CC#CC#CC#CC#CC#CC#CC#CC#CC#CC#CC#CC#CC#CC#CC#CC#CC#CC#CC#CC#CC#CC#CC#CC#CC#CC#CC. The van der Waals surface area contributed by atoms with Crippen LogP contribution in [0.4, 0.5) is 0 Å². The summed E-state index contributed by atoms with van der Waals surface area (Å²) in [6.07, 6.45) is 6.59. The van der Waals surface area contributed by atoms with E-state index in [0.29, 0.717) is 0 Å². The largest absolute Gasteiger partial charge is 0.358 e. The van der Waals surface area contributed by atoms with Gasteiger partial charge in [0.2, 0.25) is 0 Å². The maximum atomic E-state index is 6.59. The molecule has 0 heterocycles. The van der Waals surface area contributed by atoms with Crippen molar-refractivity contribution in [3.05, 3.63) is 6.42 Å². The van der Waals surface area contributed by atoms with Crippen molar-refractivity contribution in [1.82, 2.24) is 0 Å². The van der Waals surface area contributed by atoms with Crippen LogP contribution < -0.4 is 0 Å². The highest BCUT2D eigenvalue weighted by Gasteiger charge is 1.68. The molecule has 0 aliphatic rings. The molecule has 440 valence electrons. The summed E-state index contributed by atoms with van der Waals surface area (Å²) in [6, 6.07) is 0. The zero-order chi connectivity index (χ0) is 77.7. The molecule has 0 bridgehead atoms. The fourth-order valence-corrected chi connectivity index (χ4v) is 3.31. The van der Waals surface area contributed by atoms with Gasteiger partial charge in [-0.15, -0.1) is 5.92 Å². The summed E-state index contributed by atoms with van der Waals surface area (Å²) in [5.74, 6) is 266. The molecule has 0 aliphatic carbocycles. The Kier molecular flexibility index (Phi) is 65.9. The Labute approximate surface area is 642 Å². The third-order valence-electron chi connectivity index (χ3n) is 6.69. The van der Waals surface area contributed by atoms with Gasteiger partial charge in [-0.2, -0.15) is 0 Å². The summed E-state index contributed by atoms with van der Waals surface area (Å²) in [6.45, 7) is 1.68. The first-order valence-electron chi connectivity index (χ1n) is 27.2. The average Bonchev–Trinajstić information content (AvgIpc) is 3.88. The van der Waals surface area contributed by atoms with E-state index < -0.39 is 0 Å². The Balaban J connectivity index is 4.64. The molecule has 0 aromatic heterocycles. The van der Waals surface area contributed by atoms with Crippen molar-refractivity contribution in [2.24, 2.45) is 0 Å². The number of hydrogen-bond acceptors (Lipinski definition) is 0. The quantitative estimate of drug-likeness (QED) is 0.249. The van der Waals surface area contributed by atoms with Crippen LogP contribution >= 0.6 is 0 Å². The van der Waals surface area contributed by atoms with Crippen LogP contribution in [0.15, 0.2) is 0 Å². The Morgan fingerprint density at radius 1 is 0.0734 bits per heavy atom. The molecule has 0 saturated carbocycles. The van der Waals surface area contributed by atoms with E-state index in [-0.39, 0.29) is 0 Å². The predicted octanol–water partition coefficient (Wildman–Crippen LogP) is 0.776. The Morgan fingerprint density at radius 3 is 0.165 bits per heavy atom. The standard InChI is InChI=1S/C109H3/c1-3-5-7-9-11-13-15-17-19-21-23-25-27-29-31-33-35-37-39-41-43-45-47-49-51-53-55-57-59-61-63-65-67-69-71-73-75-77-79-81-83-85-87-89-91-93-95-97-99-101-103-105-107-109-108-106-104-102-100-98-96-94-92-90-88-86-84-82-80-78-76-74-72-70-68-66-64-62-60-58-56-54-52-50-48-46-44-42-40-38-36-34-32-30-28-26-24-22-20-18-16-14-12-10-8-6-4-2/h1H3/q-1. The van der Waals surface area contributed by atoms with Gasteiger partial charge in [-0.05, 0) is 102 Å². The maximum Gasteiger partial charge on any atom is 0 e. The summed E-state index contributed by atoms with van der Waals surface area (Å²) in [5.41, 5.74) is 0. The third kappa shape index (κ3) is 84.2. The lowest BCUT2D eigenvalue weighted by Crippen LogP contribution is -1.57. The molecule has 0 radical (unpaired) electrons. The van der Waals surface area contributed by atoms with Crippen LogP contribution in [-0.4, -0.2) is 0 Å². The van der Waals surface area contributed by atoms with Crippen LogP contribution in [0.3, 0.4) is 0 Å². The van der Waals surface area contributed by atoms with Crippen LogP contribution in [0.1, 0.15) is 6.92 Å². The van der Waals surface area contributed by atoms with E-state index in [1.807, 2.05) is 5.92 Å². The van der Waals surface area contributed by atoms with Crippen molar-refractivity contribution in [3.8, 4) is 633 Å². The van der Waals surface area contributed by atoms with Gasteiger partial charge < -0.3 is 6.42 Å². The first-order valence-corrected chi connectivity index (χ1v) is 27.2. The van der Waals surface area contributed by atoms with Gasteiger partial charge in [0, 0.05) is 515 Å². The summed E-state index contributed by atoms with van der Waals surface area (Å²) in [5, 5.41) is 0. The maximum absolute atomic E-state index is 6.59. The second kappa shape index (κ2) is 84.2. The molecule has 0 atom stereocenters. The molecule has 0 fully saturated rings. The second-order valence-electron chi connectivity index (χ2n) is 13.5. The molecule has 0 aromatic carbocycles. The first-order chi connectivity index (χ1) is 54.4. The summed E-state index contributed by atoms with van der Waals surface area (Å²) < 4.78 is 0. The lowest BCUT2D eigenvalue weighted by Gasteiger charge is -1.63. The van der Waals surface area contributed by atoms with Crippen LogP contribution in [0.25, 0.3) is 0 Å². The van der Waals surface area contributed by atoms with Crippen LogP contribution in [0.5, 0.6) is 0 Å². The van der Waals surface area contributed by atoms with Gasteiger partial charge in [-0.25, -0.2) is 5.92 Å². The number of rotatable bonds is 0. The fraction of sp³-hybridized carbons (Fsp3) is 0.00917. The average molecular weight is 1310 g/mol. The minimum Gasteiger partial charge on any atom is -0.358 e. The summed E-state index contributed by atoms with van der Waals surface area (Å²) in [4.78, 5) is 0. The van der Waals surface area contributed by atoms with E-state index in [9.17, 15) is 0 Å². The topological polar surface area (TPSA) is 0 Å². The van der Waals surface area contributed by atoms with Crippen LogP contribution in [0, 0.1) is 640 Å². The van der Waals surface area contributed by atoms with Crippen molar-refractivity contribution < 1.29 is 0 Å². The molecular formula is C109H3-. The molecule has 0 aromatic rings. The zero-order valence-corrected chi connectivity index (χ0v) is 55.0. The molecule has 0 aliphatic heterocycles. The fourth-order valence-electron chi connectivity index (χ4n) is 3.31. The Morgan fingerprint density at radius 2 is 0.119 bits per heavy atom. The monoisotopic (exact) mass is 1310 g/mol. The van der Waals surface area contributed by atoms with Crippen LogP contribution in [0.2, 0.25) is 0 Å². The van der Waals surface area contributed by atoms with E-state index in [0.717, 1.165) is 0 Å². The van der Waals surface area contributed by atoms with Crippen LogP contribution in [-0.2, 0) is 0 Å². The van der Waals surface area contributed by atoms with Gasteiger partial charge in [0.05, 0.1) is 0 Å². The molecule has 0 nitrogen and oxygen atoms in total. The minimum atomic E-state index is 1.68. The van der Waals surface area contributed by atoms with Crippen molar-refractivity contribution >= 4 is 0 Å². The van der Waals surface area contributed by atoms with E-state index in [2.05, 4.69) is 628 Å². The highest BCUT2D eigenvalue weighted by molar-refractivity contribution is 5.57. The van der Waals surface area contributed by atoms with Gasteiger partial charge in [-0.3, -0.25) is 5.92 Å². The lowest BCUT2D eigenvalue weighted by molar-refractivity contribution is 1.92. The Hall–Kier alpha value is -23.8. The van der Waals surface area contributed by atoms with Gasteiger partial charge in [0.15, 0.2) is 0 Å². The first kappa shape index (κ1) is 85.2. The summed E-state index contributed by atoms with van der Waals surface area (Å²) in [7, 11) is 0. The van der Waals surface area contributed by atoms with Gasteiger partial charge >= 0.3 is 0 Å². The molecule has 109 heavy (non-hydrogen) atoms. The molecule has 0 unspecified atom stereocenters. The third-order valence-corrected chi connectivity index (χ3v) is 6.69. The molecule has 0 N–H and O–H groups in total. The number of hydrogen-bond donors (Lipinski definition) is 0. The normalized spacial score (nSPS) is 3.96. The minimum absolute atomic E-state index is 1.68. The summed E-state index contributed by atoms with van der Waals surface area (Å²) >= 11 is 0. The van der Waals surface area contributed by atoms with Gasteiger partial charge in [0.1, 0.15) is 0 Å². The highest BCUT2D eigenvalue weighted by atomic mass is 13.7. The molecular weight excluding hydrogens is 1310 g/mol. The Bertz CT molecular complexity index is 7730. The molecule has 0 saturated heterocycles. The van der Waals surface area contributed by atoms with Crippen molar-refractivity contribution in [2.45, 2.75) is 6.92 Å². The molecule has 0 amide bonds. The zero-order valence-electron chi connectivity index (χ0n) is 55.0. The smallest absolute Gasteiger partial charge is 0 e. The molecule has 0 rings (SSSR count). The molecule has 0 heteroatoms. The predicted molar refractivity (Wildman–Crippen MR) is 425 cm³/mol. The van der Waals surface area contributed by atoms with E-state index in [4.69, 9.17) is 6.42 Å². The second-order valence-corrected chi connectivity index (χ2v) is 13.5. The van der Waals surface area contributed by atoms with E-state index in [1.54, 1.807) is 6.92 Å². The van der Waals surface area contributed by atoms with Crippen molar-refractivity contribution in [3.63, 3.8) is 0 Å². The van der Waals surface area contributed by atoms with Gasteiger partial charge in [0.25, 0.3) is 0 Å². The van der Waals surface area contributed by atoms with Crippen molar-refractivity contribution in [2.75, 3.05) is 0 Å². The van der Waals surface area contributed by atoms with Gasteiger partial charge in [-0.1, -0.05) is 5.92 Å². The van der Waals surface area contributed by atoms with Crippen molar-refractivity contribution in [1.29, 1.82) is 0 Å². The molecule has 0 spiro atoms. The highest BCUT2D eigenvalue weighted by Crippen LogP contribution is 1.68. The lowest BCUT2D eigenvalue weighted by atomic mass is 10.4. The van der Waals surface area contributed by atoms with E-state index in [1.165, 1.54) is 0 Å². The van der Waals surface area contributed by atoms with E-state index >= 15 is 0 Å².